The van der Waals surface area contributed by atoms with E-state index in [0.717, 1.165) is 16.8 Å². The van der Waals surface area contributed by atoms with E-state index in [0.29, 0.717) is 15.7 Å². The molecule has 0 atom stereocenters. The third kappa shape index (κ3) is 3.44. The minimum atomic E-state index is -0.367. The van der Waals surface area contributed by atoms with E-state index < -0.39 is 0 Å². The Morgan fingerprint density at radius 3 is 2.41 bits per heavy atom. The van der Waals surface area contributed by atoms with Crippen molar-refractivity contribution in [1.29, 1.82) is 0 Å². The van der Waals surface area contributed by atoms with Crippen LogP contribution in [0.3, 0.4) is 0 Å². The number of fused-ring (bicyclic) bond motifs is 1. The molecule has 3 rings (SSSR count). The summed E-state index contributed by atoms with van der Waals surface area (Å²) in [4.78, 5) is 11.2. The minimum Gasteiger partial charge on any atom is -0.423 e. The maximum Gasteiger partial charge on any atom is 0.336 e. The van der Waals surface area contributed by atoms with Crippen LogP contribution in [0.1, 0.15) is 0 Å². The lowest BCUT2D eigenvalue weighted by Gasteiger charge is -2.11. The predicted octanol–water partition coefficient (Wildman–Crippen LogP) is 4.26. The first kappa shape index (κ1) is 14.6. The lowest BCUT2D eigenvalue weighted by atomic mass is 10.2. The number of thiocarbonyl (C=S) groups is 1. The lowest BCUT2D eigenvalue weighted by molar-refractivity contribution is 0.561. The fourth-order valence-corrected chi connectivity index (χ4v) is 2.34. The maximum absolute atomic E-state index is 11.2. The number of nitrogens with one attached hydrogen (secondary N) is 2. The van der Waals surface area contributed by atoms with Crippen LogP contribution in [0.25, 0.3) is 11.0 Å². The molecule has 110 valence electrons. The molecule has 0 aliphatic carbocycles. The lowest BCUT2D eigenvalue weighted by Crippen LogP contribution is -2.18. The molecule has 3 aromatic rings. The van der Waals surface area contributed by atoms with Crippen LogP contribution in [0.15, 0.2) is 63.8 Å². The molecule has 0 fully saturated rings. The second-order valence-electron chi connectivity index (χ2n) is 4.59. The predicted molar refractivity (Wildman–Crippen MR) is 93.8 cm³/mol. The van der Waals surface area contributed by atoms with Gasteiger partial charge in [0, 0.05) is 27.8 Å². The fourth-order valence-electron chi connectivity index (χ4n) is 1.98. The molecule has 22 heavy (non-hydrogen) atoms. The number of anilines is 2. The van der Waals surface area contributed by atoms with E-state index in [-0.39, 0.29) is 5.63 Å². The summed E-state index contributed by atoms with van der Waals surface area (Å²) in [6, 6.07) is 15.7. The number of hydrogen-bond acceptors (Lipinski definition) is 3. The van der Waals surface area contributed by atoms with Crippen molar-refractivity contribution in [2.24, 2.45) is 0 Å². The molecule has 4 nitrogen and oxygen atoms in total. The van der Waals surface area contributed by atoms with Crippen LogP contribution in [-0.4, -0.2) is 5.11 Å². The smallest absolute Gasteiger partial charge is 0.336 e. The van der Waals surface area contributed by atoms with Gasteiger partial charge in [-0.3, -0.25) is 0 Å². The number of rotatable bonds is 2. The molecule has 0 saturated heterocycles. The molecule has 0 aliphatic heterocycles. The Labute approximate surface area is 136 Å². The Bertz CT molecular complexity index is 891. The topological polar surface area (TPSA) is 54.3 Å². The summed E-state index contributed by atoms with van der Waals surface area (Å²) in [6.07, 6.45) is 0. The molecule has 1 heterocycles. The van der Waals surface area contributed by atoms with Crippen LogP contribution in [0.5, 0.6) is 0 Å². The van der Waals surface area contributed by atoms with Crippen molar-refractivity contribution >= 4 is 51.3 Å². The van der Waals surface area contributed by atoms with Gasteiger partial charge in [-0.1, -0.05) is 11.6 Å². The van der Waals surface area contributed by atoms with E-state index in [9.17, 15) is 4.79 Å². The van der Waals surface area contributed by atoms with Crippen LogP contribution in [-0.2, 0) is 0 Å². The summed E-state index contributed by atoms with van der Waals surface area (Å²) in [5.41, 5.74) is 1.81. The van der Waals surface area contributed by atoms with Crippen LogP contribution >= 0.6 is 23.8 Å². The molecule has 0 radical (unpaired) electrons. The van der Waals surface area contributed by atoms with Crippen LogP contribution < -0.4 is 16.3 Å². The van der Waals surface area contributed by atoms with Gasteiger partial charge in [-0.2, -0.15) is 0 Å². The van der Waals surface area contributed by atoms with E-state index in [1.807, 2.05) is 18.2 Å². The third-order valence-electron chi connectivity index (χ3n) is 2.98. The highest BCUT2D eigenvalue weighted by Crippen LogP contribution is 2.18. The highest BCUT2D eigenvalue weighted by molar-refractivity contribution is 7.80. The van der Waals surface area contributed by atoms with Crippen molar-refractivity contribution in [2.75, 3.05) is 10.6 Å². The van der Waals surface area contributed by atoms with Crippen LogP contribution in [0.4, 0.5) is 11.4 Å². The molecule has 6 heteroatoms. The van der Waals surface area contributed by atoms with Crippen molar-refractivity contribution in [3.05, 3.63) is 70.0 Å². The molecule has 0 saturated carbocycles. The van der Waals surface area contributed by atoms with E-state index in [1.165, 1.54) is 6.07 Å². The summed E-state index contributed by atoms with van der Waals surface area (Å²) < 4.78 is 5.08. The molecule has 0 unspecified atom stereocenters. The average Bonchev–Trinajstić information content (AvgIpc) is 2.50. The fraction of sp³-hybridized carbons (Fsp3) is 0. The van der Waals surface area contributed by atoms with Crippen molar-refractivity contribution in [2.45, 2.75) is 0 Å². The molecular formula is C16H11ClN2O2S. The second kappa shape index (κ2) is 6.17. The number of benzene rings is 2. The zero-order chi connectivity index (χ0) is 15.5. The van der Waals surface area contributed by atoms with Gasteiger partial charge in [0.1, 0.15) is 5.58 Å². The van der Waals surface area contributed by atoms with Gasteiger partial charge in [-0.05, 0) is 60.7 Å². The van der Waals surface area contributed by atoms with E-state index in [2.05, 4.69) is 10.6 Å². The van der Waals surface area contributed by atoms with Gasteiger partial charge in [0.2, 0.25) is 0 Å². The quantitative estimate of drug-likeness (QED) is 0.543. The minimum absolute atomic E-state index is 0.367. The highest BCUT2D eigenvalue weighted by atomic mass is 35.5. The van der Waals surface area contributed by atoms with Gasteiger partial charge in [-0.25, -0.2) is 4.79 Å². The van der Waals surface area contributed by atoms with Gasteiger partial charge < -0.3 is 15.1 Å². The van der Waals surface area contributed by atoms with E-state index >= 15 is 0 Å². The Hall–Kier alpha value is -2.37. The summed E-state index contributed by atoms with van der Waals surface area (Å²) >= 11 is 11.1. The van der Waals surface area contributed by atoms with Crippen molar-refractivity contribution in [3.8, 4) is 0 Å². The van der Waals surface area contributed by atoms with Crippen LogP contribution in [0, 0.1) is 0 Å². The Morgan fingerprint density at radius 2 is 1.64 bits per heavy atom. The largest absolute Gasteiger partial charge is 0.423 e. The molecule has 2 N–H and O–H groups in total. The molecule has 0 aliphatic rings. The van der Waals surface area contributed by atoms with Crippen molar-refractivity contribution in [1.82, 2.24) is 0 Å². The Kier molecular flexibility index (Phi) is 4.09. The molecule has 1 aromatic heterocycles. The highest BCUT2D eigenvalue weighted by Gasteiger charge is 2.02. The Morgan fingerprint density at radius 1 is 0.955 bits per heavy atom. The van der Waals surface area contributed by atoms with Crippen molar-refractivity contribution in [3.63, 3.8) is 0 Å². The van der Waals surface area contributed by atoms with Crippen molar-refractivity contribution < 1.29 is 4.42 Å². The molecular weight excluding hydrogens is 320 g/mol. The third-order valence-corrected chi connectivity index (χ3v) is 3.44. The van der Waals surface area contributed by atoms with Gasteiger partial charge >= 0.3 is 5.63 Å². The standard InChI is InChI=1S/C16H11ClN2O2S/c17-11-2-4-12(5-3-11)18-16(22)19-13-6-7-14-10(9-13)1-8-15(20)21-14/h1-9H,(H2,18,19,22). The van der Waals surface area contributed by atoms with E-state index in [1.54, 1.807) is 30.3 Å². The summed E-state index contributed by atoms with van der Waals surface area (Å²) in [6.45, 7) is 0. The van der Waals surface area contributed by atoms with Gasteiger partial charge in [-0.15, -0.1) is 0 Å². The summed E-state index contributed by atoms with van der Waals surface area (Å²) in [7, 11) is 0. The van der Waals surface area contributed by atoms with Crippen LogP contribution in [0.2, 0.25) is 5.02 Å². The Balaban J connectivity index is 1.74. The zero-order valence-corrected chi connectivity index (χ0v) is 12.9. The van der Waals surface area contributed by atoms with Gasteiger partial charge in [0.05, 0.1) is 0 Å². The van der Waals surface area contributed by atoms with Gasteiger partial charge in [0.15, 0.2) is 5.11 Å². The monoisotopic (exact) mass is 330 g/mol. The van der Waals surface area contributed by atoms with E-state index in [4.69, 9.17) is 28.2 Å². The maximum atomic E-state index is 11.2. The first-order valence-electron chi connectivity index (χ1n) is 6.48. The SMILES string of the molecule is O=c1ccc2cc(NC(=S)Nc3ccc(Cl)cc3)ccc2o1. The normalized spacial score (nSPS) is 10.4. The molecule has 0 spiro atoms. The number of hydrogen-bond donors (Lipinski definition) is 2. The molecule has 2 aromatic carbocycles. The summed E-state index contributed by atoms with van der Waals surface area (Å²) in [5, 5.41) is 8.09. The second-order valence-corrected chi connectivity index (χ2v) is 5.44. The summed E-state index contributed by atoms with van der Waals surface area (Å²) in [5.74, 6) is 0. The zero-order valence-electron chi connectivity index (χ0n) is 11.3. The molecule has 0 amide bonds. The number of halogens is 1. The first-order chi connectivity index (χ1) is 10.6. The average molecular weight is 331 g/mol. The molecule has 0 bridgehead atoms. The van der Waals surface area contributed by atoms with Gasteiger partial charge in [0.25, 0.3) is 0 Å². The first-order valence-corrected chi connectivity index (χ1v) is 7.26.